The van der Waals surface area contributed by atoms with Crippen LogP contribution in [0.25, 0.3) is 0 Å². The monoisotopic (exact) mass is 497 g/mol. The number of nitrogens with one attached hydrogen (secondary N) is 1. The standard InChI is InChI=1S/C22H25Cl2N3O4S/c1-26(15-21(28)25-19-9-5-4-8-17(19)23)22(29)16-10-11-18(24)20(14-16)32(30,31)27-12-6-2-3-7-13-27/h4-5,8-11,14H,2-3,6-7,12-13,15H2,1H3,(H,25,28). The molecule has 1 fully saturated rings. The molecule has 0 radical (unpaired) electrons. The van der Waals surface area contributed by atoms with Gasteiger partial charge in [-0.1, -0.05) is 48.2 Å². The fourth-order valence-electron chi connectivity index (χ4n) is 3.52. The Hall–Kier alpha value is -2.13. The number of carbonyl (C=O) groups is 2. The summed E-state index contributed by atoms with van der Waals surface area (Å²) in [4.78, 5) is 26.3. The quantitative estimate of drug-likeness (QED) is 0.645. The van der Waals surface area contributed by atoms with E-state index in [9.17, 15) is 18.0 Å². The van der Waals surface area contributed by atoms with Gasteiger partial charge in [0.2, 0.25) is 15.9 Å². The lowest BCUT2D eigenvalue weighted by molar-refractivity contribution is -0.116. The first-order valence-electron chi connectivity index (χ1n) is 10.3. The summed E-state index contributed by atoms with van der Waals surface area (Å²) in [5, 5.41) is 3.10. The van der Waals surface area contributed by atoms with Crippen LogP contribution >= 0.6 is 23.2 Å². The third-order valence-electron chi connectivity index (χ3n) is 5.24. The van der Waals surface area contributed by atoms with E-state index in [1.54, 1.807) is 24.3 Å². The zero-order chi connectivity index (χ0) is 23.3. The Morgan fingerprint density at radius 2 is 1.66 bits per heavy atom. The topological polar surface area (TPSA) is 86.8 Å². The van der Waals surface area contributed by atoms with E-state index in [0.29, 0.717) is 23.8 Å². The fourth-order valence-corrected chi connectivity index (χ4v) is 5.72. The highest BCUT2D eigenvalue weighted by molar-refractivity contribution is 7.89. The second kappa shape index (κ2) is 10.7. The number of para-hydroxylation sites is 1. The molecule has 32 heavy (non-hydrogen) atoms. The van der Waals surface area contributed by atoms with Crippen LogP contribution in [0.4, 0.5) is 5.69 Å². The maximum atomic E-state index is 13.2. The molecule has 2 aromatic rings. The van der Waals surface area contributed by atoms with Crippen LogP contribution in [0.2, 0.25) is 10.0 Å². The minimum atomic E-state index is -3.83. The average molecular weight is 498 g/mol. The molecule has 0 aliphatic carbocycles. The van der Waals surface area contributed by atoms with Gasteiger partial charge in [-0.05, 0) is 43.2 Å². The number of benzene rings is 2. The average Bonchev–Trinajstić information content (AvgIpc) is 3.05. The summed E-state index contributed by atoms with van der Waals surface area (Å²) in [5.74, 6) is -0.927. The highest BCUT2D eigenvalue weighted by Gasteiger charge is 2.28. The number of halogens is 2. The molecule has 2 aromatic carbocycles. The second-order valence-electron chi connectivity index (χ2n) is 7.65. The van der Waals surface area contributed by atoms with Crippen molar-refractivity contribution < 1.29 is 18.0 Å². The van der Waals surface area contributed by atoms with Crippen molar-refractivity contribution in [1.29, 1.82) is 0 Å². The molecule has 0 unspecified atom stereocenters. The molecule has 0 spiro atoms. The molecule has 10 heteroatoms. The molecule has 3 rings (SSSR count). The van der Waals surface area contributed by atoms with Gasteiger partial charge in [0.1, 0.15) is 4.90 Å². The lowest BCUT2D eigenvalue weighted by Gasteiger charge is -2.22. The molecule has 1 heterocycles. The number of hydrogen-bond donors (Lipinski definition) is 1. The van der Waals surface area contributed by atoms with Gasteiger partial charge >= 0.3 is 0 Å². The SMILES string of the molecule is CN(CC(=O)Nc1ccccc1Cl)C(=O)c1ccc(Cl)c(S(=O)(=O)N2CCCCCC2)c1. The zero-order valence-electron chi connectivity index (χ0n) is 17.7. The van der Waals surface area contributed by atoms with Crippen molar-refractivity contribution in [3.05, 3.63) is 58.1 Å². The van der Waals surface area contributed by atoms with Gasteiger partial charge in [-0.25, -0.2) is 8.42 Å². The number of sulfonamides is 1. The largest absolute Gasteiger partial charge is 0.332 e. The number of rotatable bonds is 6. The number of anilines is 1. The van der Waals surface area contributed by atoms with Crippen LogP contribution in [0.15, 0.2) is 47.4 Å². The van der Waals surface area contributed by atoms with Crippen molar-refractivity contribution in [2.45, 2.75) is 30.6 Å². The van der Waals surface area contributed by atoms with E-state index in [2.05, 4.69) is 5.32 Å². The molecule has 0 atom stereocenters. The van der Waals surface area contributed by atoms with Crippen LogP contribution in [0.3, 0.4) is 0 Å². The van der Waals surface area contributed by atoms with E-state index in [4.69, 9.17) is 23.2 Å². The normalized spacial score (nSPS) is 15.1. The number of hydrogen-bond acceptors (Lipinski definition) is 4. The predicted octanol–water partition coefficient (Wildman–Crippen LogP) is 4.27. The summed E-state index contributed by atoms with van der Waals surface area (Å²) in [6.07, 6.45) is 3.55. The maximum absolute atomic E-state index is 13.2. The van der Waals surface area contributed by atoms with Gasteiger partial charge < -0.3 is 10.2 Å². The van der Waals surface area contributed by atoms with E-state index >= 15 is 0 Å². The highest BCUT2D eigenvalue weighted by Crippen LogP contribution is 2.28. The molecule has 1 aliphatic rings. The van der Waals surface area contributed by atoms with Crippen molar-refractivity contribution in [1.82, 2.24) is 9.21 Å². The second-order valence-corrected chi connectivity index (χ2v) is 10.4. The van der Waals surface area contributed by atoms with E-state index in [1.165, 1.54) is 34.5 Å². The van der Waals surface area contributed by atoms with Crippen LogP contribution in [-0.4, -0.2) is 56.1 Å². The van der Waals surface area contributed by atoms with Crippen LogP contribution in [0.1, 0.15) is 36.0 Å². The minimum Gasteiger partial charge on any atom is -0.332 e. The van der Waals surface area contributed by atoms with Crippen molar-refractivity contribution in [2.75, 3.05) is 32.0 Å². The van der Waals surface area contributed by atoms with Crippen LogP contribution in [0, 0.1) is 0 Å². The summed E-state index contributed by atoms with van der Waals surface area (Å²) in [5.41, 5.74) is 0.577. The molecule has 0 aromatic heterocycles. The third kappa shape index (κ3) is 5.81. The van der Waals surface area contributed by atoms with Crippen molar-refractivity contribution in [3.8, 4) is 0 Å². The summed E-state index contributed by atoms with van der Waals surface area (Å²) in [6.45, 7) is 0.624. The Labute approximate surface area is 198 Å². The van der Waals surface area contributed by atoms with Crippen molar-refractivity contribution in [2.24, 2.45) is 0 Å². The number of amides is 2. The first kappa shape index (κ1) is 24.5. The molecule has 172 valence electrons. The van der Waals surface area contributed by atoms with E-state index < -0.39 is 21.8 Å². The van der Waals surface area contributed by atoms with Gasteiger partial charge in [-0.3, -0.25) is 9.59 Å². The summed E-state index contributed by atoms with van der Waals surface area (Å²) >= 11 is 12.3. The number of carbonyl (C=O) groups excluding carboxylic acids is 2. The zero-order valence-corrected chi connectivity index (χ0v) is 20.0. The molecule has 1 N–H and O–H groups in total. The van der Waals surface area contributed by atoms with E-state index in [1.807, 2.05) is 0 Å². The summed E-state index contributed by atoms with van der Waals surface area (Å²) in [7, 11) is -2.37. The maximum Gasteiger partial charge on any atom is 0.254 e. The Balaban J connectivity index is 1.75. The first-order valence-corrected chi connectivity index (χ1v) is 12.5. The van der Waals surface area contributed by atoms with Crippen LogP contribution < -0.4 is 5.32 Å². The molecule has 1 saturated heterocycles. The Morgan fingerprint density at radius 3 is 2.31 bits per heavy atom. The molecule has 2 amide bonds. The molecule has 0 saturated carbocycles. The van der Waals surface area contributed by atoms with Crippen LogP contribution in [0.5, 0.6) is 0 Å². The Kier molecular flexibility index (Phi) is 8.16. The number of likely N-dealkylation sites (N-methyl/N-ethyl adjacent to an activating group) is 1. The van der Waals surface area contributed by atoms with Gasteiger partial charge in [0.05, 0.1) is 22.3 Å². The fraction of sp³-hybridized carbons (Fsp3) is 0.364. The van der Waals surface area contributed by atoms with E-state index in [-0.39, 0.29) is 22.0 Å². The van der Waals surface area contributed by atoms with Gasteiger partial charge in [0.25, 0.3) is 5.91 Å². The minimum absolute atomic E-state index is 0.0601. The van der Waals surface area contributed by atoms with Gasteiger partial charge in [-0.2, -0.15) is 4.31 Å². The summed E-state index contributed by atoms with van der Waals surface area (Å²) < 4.78 is 27.7. The molecular formula is C22H25Cl2N3O4S. The lowest BCUT2D eigenvalue weighted by Crippen LogP contribution is -2.35. The van der Waals surface area contributed by atoms with Gasteiger partial charge in [0.15, 0.2) is 0 Å². The van der Waals surface area contributed by atoms with E-state index in [0.717, 1.165) is 25.7 Å². The molecule has 7 nitrogen and oxygen atoms in total. The van der Waals surface area contributed by atoms with Crippen molar-refractivity contribution in [3.63, 3.8) is 0 Å². The molecule has 1 aliphatic heterocycles. The van der Waals surface area contributed by atoms with Gasteiger partial charge in [0, 0.05) is 25.7 Å². The molecule has 0 bridgehead atoms. The van der Waals surface area contributed by atoms with Gasteiger partial charge in [-0.15, -0.1) is 0 Å². The smallest absolute Gasteiger partial charge is 0.254 e. The molecular weight excluding hydrogens is 473 g/mol. The van der Waals surface area contributed by atoms with Crippen molar-refractivity contribution >= 4 is 50.7 Å². The van der Waals surface area contributed by atoms with Crippen LogP contribution in [-0.2, 0) is 14.8 Å². The third-order valence-corrected chi connectivity index (χ3v) is 7.95. The Bertz CT molecular complexity index is 1100. The first-order chi connectivity index (χ1) is 15.2. The predicted molar refractivity (Wildman–Crippen MR) is 126 cm³/mol. The highest BCUT2D eigenvalue weighted by atomic mass is 35.5. The lowest BCUT2D eigenvalue weighted by atomic mass is 10.2. The Morgan fingerprint density at radius 1 is 1.00 bits per heavy atom. The summed E-state index contributed by atoms with van der Waals surface area (Å²) in [6, 6.07) is 10.9. The number of nitrogens with zero attached hydrogens (tertiary/aromatic N) is 2.